The molecule has 1 unspecified atom stereocenters. The van der Waals surface area contributed by atoms with E-state index in [1.165, 1.54) is 12.8 Å². The Morgan fingerprint density at radius 2 is 1.97 bits per heavy atom. The molecule has 1 aromatic carbocycles. The number of ether oxygens (including phenoxy) is 1. The number of alkyl halides is 1. The van der Waals surface area contributed by atoms with E-state index < -0.39 is 24.0 Å². The van der Waals surface area contributed by atoms with Gasteiger partial charge in [-0.1, -0.05) is 25.7 Å². The van der Waals surface area contributed by atoms with Gasteiger partial charge in [0.1, 0.15) is 6.61 Å². The van der Waals surface area contributed by atoms with Crippen molar-refractivity contribution in [1.29, 1.82) is 0 Å². The van der Waals surface area contributed by atoms with Gasteiger partial charge in [-0.25, -0.2) is 9.37 Å². The Hall–Kier alpha value is -3.14. The number of aromatic nitrogens is 1. The molecule has 2 aromatic rings. The van der Waals surface area contributed by atoms with Crippen molar-refractivity contribution in [2.75, 3.05) is 13.2 Å². The van der Waals surface area contributed by atoms with Crippen molar-refractivity contribution in [3.05, 3.63) is 35.0 Å². The molecule has 0 spiro atoms. The molecule has 1 saturated carbocycles. The molecule has 6 nitrogen and oxygen atoms in total. The van der Waals surface area contributed by atoms with Crippen LogP contribution in [0.2, 0.25) is 0 Å². The monoisotopic (exact) mass is 477 g/mol. The Bertz CT molecular complexity index is 1210. The van der Waals surface area contributed by atoms with Crippen molar-refractivity contribution in [3.8, 4) is 17.7 Å². The Morgan fingerprint density at radius 1 is 1.17 bits per heavy atom. The van der Waals surface area contributed by atoms with Crippen LogP contribution < -0.4 is 15.4 Å². The number of benzene rings is 1. The third-order valence-corrected chi connectivity index (χ3v) is 7.77. The molecule has 1 saturated heterocycles. The molecule has 5 rings (SSSR count). The predicted molar refractivity (Wildman–Crippen MR) is 132 cm³/mol. The van der Waals surface area contributed by atoms with Gasteiger partial charge in [0.15, 0.2) is 6.17 Å². The molecule has 0 radical (unpaired) electrons. The van der Waals surface area contributed by atoms with Crippen LogP contribution in [0.25, 0.3) is 10.8 Å². The van der Waals surface area contributed by atoms with Crippen LogP contribution in [0, 0.1) is 29.6 Å². The predicted octanol–water partition coefficient (Wildman–Crippen LogP) is 3.94. The van der Waals surface area contributed by atoms with Crippen LogP contribution in [0.4, 0.5) is 4.39 Å². The van der Waals surface area contributed by atoms with Crippen LogP contribution in [-0.4, -0.2) is 42.2 Å². The highest BCUT2D eigenvalue weighted by Gasteiger charge is 2.41. The van der Waals surface area contributed by atoms with Crippen molar-refractivity contribution in [2.24, 2.45) is 17.8 Å². The van der Waals surface area contributed by atoms with Gasteiger partial charge >= 0.3 is 0 Å². The highest BCUT2D eigenvalue weighted by molar-refractivity contribution is 6.03. The molecule has 3 aliphatic rings. The van der Waals surface area contributed by atoms with Crippen LogP contribution in [0.3, 0.4) is 0 Å². The summed E-state index contributed by atoms with van der Waals surface area (Å²) >= 11 is 0. The zero-order chi connectivity index (χ0) is 24.5. The van der Waals surface area contributed by atoms with E-state index in [4.69, 9.17) is 4.74 Å². The SMILES string of the molecule is CCC1[C@H](F)C(=O)N[C@@H]1COc1ncc(C#CC2CCC(C)CC2)c2cc3c(cc12)CCNC3=O. The summed E-state index contributed by atoms with van der Waals surface area (Å²) in [4.78, 5) is 28.9. The van der Waals surface area contributed by atoms with Crippen LogP contribution in [0.1, 0.15) is 67.4 Å². The number of hydrogen-bond acceptors (Lipinski definition) is 4. The van der Waals surface area contributed by atoms with Gasteiger partial charge in [0, 0.05) is 40.9 Å². The van der Waals surface area contributed by atoms with E-state index >= 15 is 0 Å². The van der Waals surface area contributed by atoms with Crippen LogP contribution in [0.5, 0.6) is 5.88 Å². The molecule has 2 amide bonds. The van der Waals surface area contributed by atoms with Crippen molar-refractivity contribution >= 4 is 22.6 Å². The lowest BCUT2D eigenvalue weighted by Gasteiger charge is -2.22. The Balaban J connectivity index is 1.48. The van der Waals surface area contributed by atoms with Gasteiger partial charge in [0.05, 0.1) is 11.6 Å². The van der Waals surface area contributed by atoms with Crippen molar-refractivity contribution in [2.45, 2.75) is 64.6 Å². The van der Waals surface area contributed by atoms with Gasteiger partial charge in [-0.3, -0.25) is 9.59 Å². The number of carbonyl (C=O) groups is 2. The zero-order valence-electron chi connectivity index (χ0n) is 20.3. The quantitative estimate of drug-likeness (QED) is 0.654. The second-order valence-corrected chi connectivity index (χ2v) is 10.2. The Morgan fingerprint density at radius 3 is 2.74 bits per heavy atom. The molecule has 0 bridgehead atoms. The van der Waals surface area contributed by atoms with E-state index in [0.29, 0.717) is 30.3 Å². The summed E-state index contributed by atoms with van der Waals surface area (Å²) in [6, 6.07) is 3.46. The molecule has 7 heteroatoms. The third-order valence-electron chi connectivity index (χ3n) is 7.77. The largest absolute Gasteiger partial charge is 0.475 e. The summed E-state index contributed by atoms with van der Waals surface area (Å²) < 4.78 is 20.3. The molecule has 1 aliphatic carbocycles. The van der Waals surface area contributed by atoms with E-state index in [2.05, 4.69) is 34.4 Å². The first kappa shape index (κ1) is 23.6. The maximum Gasteiger partial charge on any atom is 0.255 e. The van der Waals surface area contributed by atoms with Gasteiger partial charge in [-0.2, -0.15) is 0 Å². The number of nitrogens with one attached hydrogen (secondary N) is 2. The van der Waals surface area contributed by atoms with Gasteiger partial charge in [0.2, 0.25) is 5.88 Å². The van der Waals surface area contributed by atoms with E-state index in [1.807, 2.05) is 19.1 Å². The smallest absolute Gasteiger partial charge is 0.255 e. The molecule has 2 aliphatic heterocycles. The number of pyridine rings is 1. The minimum atomic E-state index is -1.51. The molecule has 2 N–H and O–H groups in total. The van der Waals surface area contributed by atoms with Crippen molar-refractivity contribution in [1.82, 2.24) is 15.6 Å². The highest BCUT2D eigenvalue weighted by Crippen LogP contribution is 2.32. The summed E-state index contributed by atoms with van der Waals surface area (Å²) in [5.74, 6) is 7.26. The van der Waals surface area contributed by atoms with Crippen molar-refractivity contribution in [3.63, 3.8) is 0 Å². The van der Waals surface area contributed by atoms with E-state index in [-0.39, 0.29) is 12.5 Å². The molecule has 2 fully saturated rings. The molecule has 1 aromatic heterocycles. The van der Waals surface area contributed by atoms with E-state index in [9.17, 15) is 14.0 Å². The Kier molecular flexibility index (Phi) is 6.64. The second-order valence-electron chi connectivity index (χ2n) is 10.2. The van der Waals surface area contributed by atoms with Gasteiger partial charge < -0.3 is 15.4 Å². The topological polar surface area (TPSA) is 80.3 Å². The number of nitrogens with zero attached hydrogens (tertiary/aromatic N) is 1. The highest BCUT2D eigenvalue weighted by atomic mass is 19.1. The standard InChI is InChI=1S/C28H32FN3O3/c1-3-20-24(32-27(34)25(20)29)15-35-28-23-12-18-10-11-30-26(33)22(18)13-21(23)19(14-31-28)9-8-17-6-4-16(2)5-7-17/h12-14,16-17,20,24-25H,3-7,10-11,15H2,1-2H3,(H,30,33)(H,32,34)/t16?,17?,20?,24-,25+/m1/s1. The lowest BCUT2D eigenvalue weighted by Crippen LogP contribution is -2.35. The molecule has 35 heavy (non-hydrogen) atoms. The summed E-state index contributed by atoms with van der Waals surface area (Å²) in [7, 11) is 0. The fourth-order valence-corrected chi connectivity index (χ4v) is 5.52. The Labute approximate surface area is 205 Å². The lowest BCUT2D eigenvalue weighted by molar-refractivity contribution is -0.123. The summed E-state index contributed by atoms with van der Waals surface area (Å²) in [6.07, 6.45) is 6.09. The molecule has 3 atom stereocenters. The molecule has 3 heterocycles. The van der Waals surface area contributed by atoms with Gasteiger partial charge in [-0.15, -0.1) is 0 Å². The average molecular weight is 478 g/mol. The first-order valence-electron chi connectivity index (χ1n) is 12.8. The fraction of sp³-hybridized carbons (Fsp3) is 0.536. The summed E-state index contributed by atoms with van der Waals surface area (Å²) in [5.41, 5.74) is 2.38. The number of hydrogen-bond donors (Lipinski definition) is 2. The number of rotatable bonds is 4. The molecule has 184 valence electrons. The van der Waals surface area contributed by atoms with Crippen LogP contribution in [0.15, 0.2) is 18.3 Å². The minimum Gasteiger partial charge on any atom is -0.475 e. The summed E-state index contributed by atoms with van der Waals surface area (Å²) in [6.45, 7) is 4.89. The van der Waals surface area contributed by atoms with Gasteiger partial charge in [-0.05, 0) is 62.1 Å². The lowest BCUT2D eigenvalue weighted by atomic mass is 9.83. The molecular formula is C28H32FN3O3. The average Bonchev–Trinajstić information content (AvgIpc) is 3.14. The first-order valence-corrected chi connectivity index (χ1v) is 12.8. The second kappa shape index (κ2) is 9.85. The maximum absolute atomic E-state index is 14.2. The molecular weight excluding hydrogens is 445 g/mol. The minimum absolute atomic E-state index is 0.0824. The van der Waals surface area contributed by atoms with Gasteiger partial charge in [0.25, 0.3) is 11.8 Å². The van der Waals surface area contributed by atoms with Crippen LogP contribution >= 0.6 is 0 Å². The maximum atomic E-state index is 14.2. The normalized spacial score (nSPS) is 28.0. The van der Waals surface area contributed by atoms with Crippen molar-refractivity contribution < 1.29 is 18.7 Å². The summed E-state index contributed by atoms with van der Waals surface area (Å²) in [5, 5.41) is 7.23. The third kappa shape index (κ3) is 4.71. The first-order chi connectivity index (χ1) is 16.9. The van der Waals surface area contributed by atoms with Crippen LogP contribution in [-0.2, 0) is 11.2 Å². The number of carbonyl (C=O) groups excluding carboxylic acids is 2. The number of halogens is 1. The zero-order valence-corrected chi connectivity index (χ0v) is 20.3. The van der Waals surface area contributed by atoms with E-state index in [0.717, 1.165) is 47.1 Å². The van der Waals surface area contributed by atoms with E-state index in [1.54, 1.807) is 6.20 Å². The number of amides is 2. The number of fused-ring (bicyclic) bond motifs is 2. The fourth-order valence-electron chi connectivity index (χ4n) is 5.52.